The van der Waals surface area contributed by atoms with E-state index in [0.29, 0.717) is 11.5 Å². The van der Waals surface area contributed by atoms with Crippen molar-refractivity contribution in [3.8, 4) is 11.5 Å². The lowest BCUT2D eigenvalue weighted by atomic mass is 9.89. The van der Waals surface area contributed by atoms with Crippen LogP contribution in [0.1, 0.15) is 5.56 Å². The molecule has 2 amide bonds. The van der Waals surface area contributed by atoms with E-state index in [9.17, 15) is 14.4 Å². The predicted molar refractivity (Wildman–Crippen MR) is 85.1 cm³/mol. The Balaban J connectivity index is 1.80. The standard InChI is InChI=1S/C16H18N2O8/c1-23-9-4-3-8(5-10(9)24-2)6-18-13(11-7-25-16(22)26-11)12(14(18)19)17-15(20)21/h3-5,11-13,17H,6-7H2,1-2H3,(H,20,21)/t11?,12-,13+/m0/s1. The van der Waals surface area contributed by atoms with Crippen molar-refractivity contribution in [1.29, 1.82) is 0 Å². The smallest absolute Gasteiger partial charge is 0.493 e. The van der Waals surface area contributed by atoms with E-state index in [1.54, 1.807) is 18.2 Å². The van der Waals surface area contributed by atoms with Crippen LogP contribution in [0.4, 0.5) is 9.59 Å². The van der Waals surface area contributed by atoms with E-state index < -0.39 is 36.3 Å². The maximum atomic E-state index is 12.4. The van der Waals surface area contributed by atoms with Gasteiger partial charge >= 0.3 is 12.2 Å². The fourth-order valence-electron chi connectivity index (χ4n) is 3.13. The SMILES string of the molecule is COc1ccc(CN2C(=O)[C@@H](NC(=O)O)[C@H]2C2COC(=O)O2)cc1OC. The van der Waals surface area contributed by atoms with Gasteiger partial charge in [0.1, 0.15) is 18.7 Å². The first-order valence-electron chi connectivity index (χ1n) is 7.79. The Kier molecular flexibility index (Phi) is 4.74. The van der Waals surface area contributed by atoms with E-state index in [1.165, 1.54) is 19.1 Å². The second kappa shape index (κ2) is 6.98. The van der Waals surface area contributed by atoms with Crippen LogP contribution in [0, 0.1) is 0 Å². The number of carbonyl (C=O) groups excluding carboxylic acids is 2. The predicted octanol–water partition coefficient (Wildman–Crippen LogP) is 0.586. The average molecular weight is 366 g/mol. The number of amides is 2. The second-order valence-corrected chi connectivity index (χ2v) is 5.79. The summed E-state index contributed by atoms with van der Waals surface area (Å²) in [5.41, 5.74) is 0.750. The molecule has 0 bridgehead atoms. The van der Waals surface area contributed by atoms with E-state index in [1.807, 2.05) is 0 Å². The maximum Gasteiger partial charge on any atom is 0.508 e. The van der Waals surface area contributed by atoms with Crippen LogP contribution in [0.15, 0.2) is 18.2 Å². The van der Waals surface area contributed by atoms with Gasteiger partial charge in [0.15, 0.2) is 17.6 Å². The largest absolute Gasteiger partial charge is 0.508 e. The molecule has 10 nitrogen and oxygen atoms in total. The number of benzene rings is 1. The zero-order chi connectivity index (χ0) is 18.8. The molecular weight excluding hydrogens is 348 g/mol. The Morgan fingerprint density at radius 3 is 2.62 bits per heavy atom. The fraction of sp³-hybridized carbons (Fsp3) is 0.438. The molecular formula is C16H18N2O8. The quantitative estimate of drug-likeness (QED) is 0.554. The van der Waals surface area contributed by atoms with Gasteiger partial charge in [-0.05, 0) is 17.7 Å². The van der Waals surface area contributed by atoms with Crippen LogP contribution < -0.4 is 14.8 Å². The Bertz CT molecular complexity index is 737. The number of nitrogens with one attached hydrogen (secondary N) is 1. The molecule has 2 heterocycles. The maximum absolute atomic E-state index is 12.4. The van der Waals surface area contributed by atoms with Crippen LogP contribution >= 0.6 is 0 Å². The van der Waals surface area contributed by atoms with Gasteiger partial charge in [-0.15, -0.1) is 0 Å². The number of likely N-dealkylation sites (tertiary alicyclic amines) is 1. The van der Waals surface area contributed by atoms with Crippen molar-refractivity contribution in [1.82, 2.24) is 10.2 Å². The normalized spacial score (nSPS) is 24.4. The number of nitrogens with zero attached hydrogens (tertiary/aromatic N) is 1. The highest BCUT2D eigenvalue weighted by Gasteiger charge is 2.55. The first-order valence-corrected chi connectivity index (χ1v) is 7.79. The summed E-state index contributed by atoms with van der Waals surface area (Å²) in [4.78, 5) is 36.0. The lowest BCUT2D eigenvalue weighted by Gasteiger charge is -2.48. The molecule has 26 heavy (non-hydrogen) atoms. The summed E-state index contributed by atoms with van der Waals surface area (Å²) in [5.74, 6) is 0.645. The molecule has 0 spiro atoms. The molecule has 0 aromatic heterocycles. The molecule has 1 aromatic rings. The number of methoxy groups -OCH3 is 2. The van der Waals surface area contributed by atoms with Gasteiger partial charge in [0.25, 0.3) is 0 Å². The molecule has 140 valence electrons. The van der Waals surface area contributed by atoms with Crippen LogP contribution in [0.3, 0.4) is 0 Å². The highest BCUT2D eigenvalue weighted by atomic mass is 16.8. The van der Waals surface area contributed by atoms with Crippen LogP contribution in [0.5, 0.6) is 11.5 Å². The number of carboxylic acid groups (broad SMARTS) is 1. The van der Waals surface area contributed by atoms with E-state index in [4.69, 9.17) is 24.1 Å². The van der Waals surface area contributed by atoms with Crippen LogP contribution in [0.2, 0.25) is 0 Å². The number of hydrogen-bond donors (Lipinski definition) is 2. The molecule has 2 saturated heterocycles. The van der Waals surface area contributed by atoms with Crippen LogP contribution in [0.25, 0.3) is 0 Å². The molecule has 10 heteroatoms. The number of rotatable bonds is 6. The van der Waals surface area contributed by atoms with E-state index in [0.717, 1.165) is 5.56 Å². The molecule has 2 aliphatic heterocycles. The first-order chi connectivity index (χ1) is 12.4. The molecule has 2 N–H and O–H groups in total. The molecule has 0 saturated carbocycles. The van der Waals surface area contributed by atoms with Gasteiger partial charge < -0.3 is 34.3 Å². The number of ether oxygens (including phenoxy) is 4. The lowest BCUT2D eigenvalue weighted by Crippen LogP contribution is -2.74. The number of β-lactam (4-membered cyclic amide) rings is 1. The van der Waals surface area contributed by atoms with Gasteiger partial charge in [-0.2, -0.15) is 0 Å². The topological polar surface area (TPSA) is 124 Å². The zero-order valence-corrected chi connectivity index (χ0v) is 14.1. The summed E-state index contributed by atoms with van der Waals surface area (Å²) in [6.45, 7) is 0.146. The highest BCUT2D eigenvalue weighted by Crippen LogP contribution is 2.32. The van der Waals surface area contributed by atoms with E-state index in [-0.39, 0.29) is 13.2 Å². The molecule has 1 unspecified atom stereocenters. The molecule has 1 aromatic carbocycles. The Morgan fingerprint density at radius 1 is 1.31 bits per heavy atom. The Hall–Kier alpha value is -3.17. The van der Waals surface area contributed by atoms with Crippen molar-refractivity contribution in [2.75, 3.05) is 20.8 Å². The molecule has 2 aliphatic rings. The third kappa shape index (κ3) is 3.17. The Morgan fingerprint density at radius 2 is 2.04 bits per heavy atom. The minimum absolute atomic E-state index is 0.0446. The number of carbonyl (C=O) groups is 3. The summed E-state index contributed by atoms with van der Waals surface area (Å²) in [5, 5.41) is 11.1. The zero-order valence-electron chi connectivity index (χ0n) is 14.1. The average Bonchev–Trinajstić information content (AvgIpc) is 3.05. The summed E-state index contributed by atoms with van der Waals surface area (Å²) >= 11 is 0. The minimum Gasteiger partial charge on any atom is -0.493 e. The summed E-state index contributed by atoms with van der Waals surface area (Å²) in [7, 11) is 3.02. The van der Waals surface area contributed by atoms with E-state index in [2.05, 4.69) is 5.32 Å². The monoisotopic (exact) mass is 366 g/mol. The third-order valence-electron chi connectivity index (χ3n) is 4.32. The van der Waals surface area contributed by atoms with Crippen LogP contribution in [-0.2, 0) is 20.8 Å². The summed E-state index contributed by atoms with van der Waals surface area (Å²) < 4.78 is 20.2. The molecule has 3 rings (SSSR count). The summed E-state index contributed by atoms with van der Waals surface area (Å²) in [6.07, 6.45) is -2.91. The molecule has 3 atom stereocenters. The van der Waals surface area contributed by atoms with Crippen molar-refractivity contribution >= 4 is 18.2 Å². The minimum atomic E-state index is -1.33. The molecule has 2 fully saturated rings. The number of cyclic esters (lactones) is 2. The second-order valence-electron chi connectivity index (χ2n) is 5.79. The van der Waals surface area contributed by atoms with Crippen molar-refractivity contribution < 1.29 is 38.4 Å². The highest BCUT2D eigenvalue weighted by molar-refractivity contribution is 5.92. The first kappa shape index (κ1) is 17.6. The van der Waals surface area contributed by atoms with Gasteiger partial charge in [-0.3, -0.25) is 4.79 Å². The fourth-order valence-corrected chi connectivity index (χ4v) is 3.13. The van der Waals surface area contributed by atoms with Gasteiger partial charge in [0.2, 0.25) is 5.91 Å². The van der Waals surface area contributed by atoms with Gasteiger partial charge in [-0.1, -0.05) is 6.07 Å². The lowest BCUT2D eigenvalue weighted by molar-refractivity contribution is -0.158. The molecule has 0 radical (unpaired) electrons. The van der Waals surface area contributed by atoms with Crippen molar-refractivity contribution in [3.63, 3.8) is 0 Å². The van der Waals surface area contributed by atoms with Crippen LogP contribution in [-0.4, -0.2) is 67.2 Å². The third-order valence-corrected chi connectivity index (χ3v) is 4.32. The summed E-state index contributed by atoms with van der Waals surface area (Å²) in [6, 6.07) is 3.54. The van der Waals surface area contributed by atoms with Gasteiger partial charge in [0, 0.05) is 6.54 Å². The molecule has 0 aliphatic carbocycles. The van der Waals surface area contributed by atoms with Crippen molar-refractivity contribution in [2.45, 2.75) is 24.7 Å². The van der Waals surface area contributed by atoms with Gasteiger partial charge in [-0.25, -0.2) is 9.59 Å². The van der Waals surface area contributed by atoms with E-state index >= 15 is 0 Å². The number of hydrogen-bond acceptors (Lipinski definition) is 7. The van der Waals surface area contributed by atoms with Crippen molar-refractivity contribution in [2.24, 2.45) is 0 Å². The Labute approximate surface area is 148 Å². The van der Waals surface area contributed by atoms with Gasteiger partial charge in [0.05, 0.1) is 14.2 Å². The van der Waals surface area contributed by atoms with Crippen molar-refractivity contribution in [3.05, 3.63) is 23.8 Å².